The molecule has 0 saturated carbocycles. The van der Waals surface area contributed by atoms with Crippen LogP contribution in [0.1, 0.15) is 10.4 Å². The van der Waals surface area contributed by atoms with Crippen LogP contribution >= 0.6 is 22.9 Å². The van der Waals surface area contributed by atoms with Gasteiger partial charge in [0, 0.05) is 55.9 Å². The van der Waals surface area contributed by atoms with Gasteiger partial charge >= 0.3 is 0 Å². The van der Waals surface area contributed by atoms with Gasteiger partial charge in [-0.3, -0.25) is 9.69 Å². The Morgan fingerprint density at radius 3 is 2.94 bits per heavy atom. The minimum atomic E-state index is -0.463. The van der Waals surface area contributed by atoms with Gasteiger partial charge in [0.1, 0.15) is 22.8 Å². The molecule has 4 heterocycles. The van der Waals surface area contributed by atoms with Crippen molar-refractivity contribution in [2.75, 3.05) is 44.6 Å². The zero-order valence-corrected chi connectivity index (χ0v) is 19.6. The number of amides is 1. The number of benzene rings is 1. The lowest BCUT2D eigenvalue weighted by atomic mass is 10.0. The molecule has 2 N–H and O–H groups in total. The summed E-state index contributed by atoms with van der Waals surface area (Å²) >= 11 is 7.51. The SMILES string of the molecule is O=C(/C=C/CN1CCNCC1)N1CCc2c(sc3ncnc(Nc4ccc(F)c(Cl)c4)c23)C1. The van der Waals surface area contributed by atoms with Gasteiger partial charge in [0.15, 0.2) is 0 Å². The first-order valence-electron chi connectivity index (χ1n) is 10.9. The molecule has 33 heavy (non-hydrogen) atoms. The lowest BCUT2D eigenvalue weighted by Gasteiger charge is -2.27. The molecule has 1 fully saturated rings. The molecule has 0 atom stereocenters. The number of hydrogen-bond acceptors (Lipinski definition) is 7. The Morgan fingerprint density at radius 2 is 2.12 bits per heavy atom. The third-order valence-electron chi connectivity index (χ3n) is 5.96. The van der Waals surface area contributed by atoms with Gasteiger partial charge in [0.25, 0.3) is 0 Å². The Labute approximate surface area is 200 Å². The number of rotatable bonds is 5. The lowest BCUT2D eigenvalue weighted by Crippen LogP contribution is -2.43. The van der Waals surface area contributed by atoms with Crippen LogP contribution in [0.4, 0.5) is 15.9 Å². The van der Waals surface area contributed by atoms with Gasteiger partial charge in [-0.15, -0.1) is 11.3 Å². The van der Waals surface area contributed by atoms with E-state index in [1.807, 2.05) is 11.0 Å². The van der Waals surface area contributed by atoms with Crippen molar-refractivity contribution in [3.05, 3.63) is 58.0 Å². The number of carbonyl (C=O) groups excluding carboxylic acids is 1. The summed E-state index contributed by atoms with van der Waals surface area (Å²) in [6.45, 7) is 6.02. The Morgan fingerprint density at radius 1 is 1.27 bits per heavy atom. The number of thiophene rings is 1. The standard InChI is InChI=1S/C23H24ClFN6OS/c24-17-12-15(3-4-18(17)25)29-22-21-16-5-9-31(13-19(16)33-23(21)28-14-27-22)20(32)2-1-8-30-10-6-26-7-11-30/h1-4,12,14,26H,5-11,13H2,(H,27,28,29)/b2-1+. The zero-order valence-electron chi connectivity index (χ0n) is 18.0. The van der Waals surface area contributed by atoms with E-state index in [0.717, 1.165) is 54.2 Å². The van der Waals surface area contributed by atoms with Crippen molar-refractivity contribution < 1.29 is 9.18 Å². The topological polar surface area (TPSA) is 73.4 Å². The highest BCUT2D eigenvalue weighted by atomic mass is 35.5. The monoisotopic (exact) mass is 486 g/mol. The summed E-state index contributed by atoms with van der Waals surface area (Å²) in [7, 11) is 0. The zero-order chi connectivity index (χ0) is 22.8. The van der Waals surface area contributed by atoms with Crippen LogP contribution in [0.3, 0.4) is 0 Å². The van der Waals surface area contributed by atoms with Crippen LogP contribution in [-0.4, -0.2) is 64.9 Å². The summed E-state index contributed by atoms with van der Waals surface area (Å²) in [5, 5.41) is 7.59. The van der Waals surface area contributed by atoms with E-state index in [2.05, 4.69) is 25.5 Å². The quantitative estimate of drug-likeness (QED) is 0.537. The van der Waals surface area contributed by atoms with Crippen LogP contribution in [-0.2, 0) is 17.8 Å². The van der Waals surface area contributed by atoms with Gasteiger partial charge in [-0.2, -0.15) is 0 Å². The molecule has 0 spiro atoms. The molecule has 0 aliphatic carbocycles. The minimum absolute atomic E-state index is 0.0404. The first-order chi connectivity index (χ1) is 16.1. The van der Waals surface area contributed by atoms with Crippen LogP contribution < -0.4 is 10.6 Å². The Bertz CT molecular complexity index is 1210. The highest BCUT2D eigenvalue weighted by molar-refractivity contribution is 7.19. The number of hydrogen-bond donors (Lipinski definition) is 2. The number of carbonyl (C=O) groups is 1. The van der Waals surface area contributed by atoms with E-state index in [0.29, 0.717) is 24.6 Å². The highest BCUT2D eigenvalue weighted by Gasteiger charge is 2.25. The maximum atomic E-state index is 13.5. The Hall–Kier alpha value is -2.59. The molecular weight excluding hydrogens is 463 g/mol. The maximum absolute atomic E-state index is 13.5. The van der Waals surface area contributed by atoms with E-state index in [9.17, 15) is 9.18 Å². The van der Waals surface area contributed by atoms with Crippen LogP contribution in [0.25, 0.3) is 10.2 Å². The molecule has 10 heteroatoms. The summed E-state index contributed by atoms with van der Waals surface area (Å²) in [5.41, 5.74) is 1.82. The molecule has 0 unspecified atom stereocenters. The molecule has 2 aliphatic rings. The lowest BCUT2D eigenvalue weighted by molar-refractivity contribution is -0.126. The van der Waals surface area contributed by atoms with Gasteiger partial charge in [-0.25, -0.2) is 14.4 Å². The highest BCUT2D eigenvalue weighted by Crippen LogP contribution is 2.38. The molecule has 2 aliphatic heterocycles. The smallest absolute Gasteiger partial charge is 0.246 e. The van der Waals surface area contributed by atoms with E-state index >= 15 is 0 Å². The van der Waals surface area contributed by atoms with Crippen molar-refractivity contribution in [1.29, 1.82) is 0 Å². The molecule has 0 bridgehead atoms. The van der Waals surface area contributed by atoms with Gasteiger partial charge in [0.2, 0.25) is 5.91 Å². The predicted octanol–water partition coefficient (Wildman–Crippen LogP) is 3.57. The molecule has 1 saturated heterocycles. The van der Waals surface area contributed by atoms with E-state index in [4.69, 9.17) is 11.6 Å². The van der Waals surface area contributed by atoms with Gasteiger partial charge in [0.05, 0.1) is 17.0 Å². The van der Waals surface area contributed by atoms with Crippen LogP contribution in [0.15, 0.2) is 36.7 Å². The molecule has 172 valence electrons. The molecule has 3 aromatic rings. The van der Waals surface area contributed by atoms with E-state index in [1.165, 1.54) is 24.0 Å². The Kier molecular flexibility index (Phi) is 6.55. The van der Waals surface area contributed by atoms with Crippen molar-refractivity contribution in [2.45, 2.75) is 13.0 Å². The maximum Gasteiger partial charge on any atom is 0.246 e. The first-order valence-corrected chi connectivity index (χ1v) is 12.1. The number of nitrogens with zero attached hydrogens (tertiary/aromatic N) is 4. The largest absolute Gasteiger partial charge is 0.340 e. The van der Waals surface area contributed by atoms with Crippen molar-refractivity contribution in [3.63, 3.8) is 0 Å². The number of piperazine rings is 1. The molecule has 7 nitrogen and oxygen atoms in total. The molecule has 2 aromatic heterocycles. The fraction of sp³-hybridized carbons (Fsp3) is 0.348. The fourth-order valence-electron chi connectivity index (χ4n) is 4.22. The summed E-state index contributed by atoms with van der Waals surface area (Å²) in [6.07, 6.45) is 5.92. The van der Waals surface area contributed by atoms with E-state index in [-0.39, 0.29) is 10.9 Å². The molecule has 5 rings (SSSR count). The van der Waals surface area contributed by atoms with Crippen LogP contribution in [0, 0.1) is 5.82 Å². The van der Waals surface area contributed by atoms with Crippen LogP contribution in [0.2, 0.25) is 5.02 Å². The fourth-order valence-corrected chi connectivity index (χ4v) is 5.61. The third-order valence-corrected chi connectivity index (χ3v) is 7.38. The normalized spacial score (nSPS) is 17.0. The van der Waals surface area contributed by atoms with Crippen molar-refractivity contribution in [1.82, 2.24) is 25.1 Å². The summed E-state index contributed by atoms with van der Waals surface area (Å²) < 4.78 is 13.5. The van der Waals surface area contributed by atoms with Gasteiger partial charge in [-0.05, 0) is 30.2 Å². The molecular formula is C23H24ClFN6OS. The van der Waals surface area contributed by atoms with E-state index in [1.54, 1.807) is 23.5 Å². The minimum Gasteiger partial charge on any atom is -0.340 e. The molecule has 0 radical (unpaired) electrons. The molecule has 1 aromatic carbocycles. The van der Waals surface area contributed by atoms with Crippen molar-refractivity contribution >= 4 is 50.6 Å². The number of nitrogens with one attached hydrogen (secondary N) is 2. The second kappa shape index (κ2) is 9.72. The van der Waals surface area contributed by atoms with Crippen LogP contribution in [0.5, 0.6) is 0 Å². The number of fused-ring (bicyclic) bond motifs is 3. The van der Waals surface area contributed by atoms with Crippen molar-refractivity contribution in [3.8, 4) is 0 Å². The summed E-state index contributed by atoms with van der Waals surface area (Å²) in [4.78, 5) is 27.8. The average molecular weight is 487 g/mol. The summed E-state index contributed by atoms with van der Waals surface area (Å²) in [6, 6.07) is 4.49. The number of halogens is 2. The van der Waals surface area contributed by atoms with E-state index < -0.39 is 5.82 Å². The molecule has 1 amide bonds. The Balaban J connectivity index is 1.31. The predicted molar refractivity (Wildman–Crippen MR) is 130 cm³/mol. The number of anilines is 2. The van der Waals surface area contributed by atoms with Gasteiger partial charge in [-0.1, -0.05) is 17.7 Å². The second-order valence-corrected chi connectivity index (χ2v) is 9.61. The summed E-state index contributed by atoms with van der Waals surface area (Å²) in [5.74, 6) is 0.240. The van der Waals surface area contributed by atoms with Gasteiger partial charge < -0.3 is 15.5 Å². The second-order valence-electron chi connectivity index (χ2n) is 8.12. The third kappa shape index (κ3) is 4.86. The first kappa shape index (κ1) is 22.2. The van der Waals surface area contributed by atoms with Crippen molar-refractivity contribution in [2.24, 2.45) is 0 Å². The average Bonchev–Trinajstić information content (AvgIpc) is 3.21. The number of aromatic nitrogens is 2.